The van der Waals surface area contributed by atoms with Gasteiger partial charge in [0, 0.05) is 6.07 Å². The maximum atomic E-state index is 13.1. The van der Waals surface area contributed by atoms with E-state index in [0.717, 1.165) is 24.3 Å². The second-order valence-electron chi connectivity index (χ2n) is 3.73. The average molecular weight is 285 g/mol. The standard InChI is InChI=1S/C12H9F2NO3S/c13-8-2-1-3-10(6-8)19(17,18)15-9-4-5-12(16)11(14)7-9/h1-7,15-16H. The molecule has 0 aliphatic carbocycles. The predicted molar refractivity (Wildman–Crippen MR) is 65.3 cm³/mol. The molecule has 0 atom stereocenters. The summed E-state index contributed by atoms with van der Waals surface area (Å²) < 4.78 is 51.9. The van der Waals surface area contributed by atoms with Crippen molar-refractivity contribution < 1.29 is 22.3 Å². The van der Waals surface area contributed by atoms with Crippen molar-refractivity contribution in [2.24, 2.45) is 0 Å². The molecule has 2 N–H and O–H groups in total. The SMILES string of the molecule is O=S(=O)(Nc1ccc(O)c(F)c1)c1cccc(F)c1. The Labute approximate surface area is 108 Å². The van der Waals surface area contributed by atoms with Crippen LogP contribution in [0.5, 0.6) is 5.75 Å². The number of rotatable bonds is 3. The minimum absolute atomic E-state index is 0.0699. The molecular weight excluding hydrogens is 276 g/mol. The summed E-state index contributed by atoms with van der Waals surface area (Å²) in [7, 11) is -4.00. The van der Waals surface area contributed by atoms with Crippen molar-refractivity contribution >= 4 is 15.7 Å². The number of anilines is 1. The van der Waals surface area contributed by atoms with Crippen molar-refractivity contribution in [2.45, 2.75) is 4.90 Å². The van der Waals surface area contributed by atoms with Crippen LogP contribution in [0.2, 0.25) is 0 Å². The summed E-state index contributed by atoms with van der Waals surface area (Å²) in [6.45, 7) is 0. The minimum Gasteiger partial charge on any atom is -0.505 e. The van der Waals surface area contributed by atoms with Crippen molar-refractivity contribution in [2.75, 3.05) is 4.72 Å². The summed E-state index contributed by atoms with van der Waals surface area (Å²) in [6.07, 6.45) is 0. The molecule has 0 heterocycles. The summed E-state index contributed by atoms with van der Waals surface area (Å²) in [5, 5.41) is 8.99. The Kier molecular flexibility index (Phi) is 3.39. The molecule has 0 aromatic heterocycles. The molecule has 0 saturated heterocycles. The highest BCUT2D eigenvalue weighted by Gasteiger charge is 2.15. The van der Waals surface area contributed by atoms with Gasteiger partial charge in [-0.1, -0.05) is 6.07 Å². The first-order valence-corrected chi connectivity index (χ1v) is 6.64. The quantitative estimate of drug-likeness (QED) is 0.851. The highest BCUT2D eigenvalue weighted by atomic mass is 32.2. The number of sulfonamides is 1. The van der Waals surface area contributed by atoms with Gasteiger partial charge in [0.1, 0.15) is 5.82 Å². The number of phenolic OH excluding ortho intramolecular Hbond substituents is 1. The van der Waals surface area contributed by atoms with Crippen LogP contribution in [0.4, 0.5) is 14.5 Å². The van der Waals surface area contributed by atoms with Gasteiger partial charge in [0.2, 0.25) is 0 Å². The zero-order valence-electron chi connectivity index (χ0n) is 9.47. The summed E-state index contributed by atoms with van der Waals surface area (Å²) in [5.41, 5.74) is -0.0699. The van der Waals surface area contributed by atoms with E-state index in [1.165, 1.54) is 18.2 Å². The van der Waals surface area contributed by atoms with Gasteiger partial charge >= 0.3 is 0 Å². The van der Waals surface area contributed by atoms with Crippen LogP contribution < -0.4 is 4.72 Å². The van der Waals surface area contributed by atoms with Crippen molar-refractivity contribution in [3.8, 4) is 5.75 Å². The van der Waals surface area contributed by atoms with Gasteiger partial charge < -0.3 is 5.11 Å². The van der Waals surface area contributed by atoms with Gasteiger partial charge in [-0.25, -0.2) is 17.2 Å². The van der Waals surface area contributed by atoms with E-state index in [-0.39, 0.29) is 10.6 Å². The Balaban J connectivity index is 2.33. The molecule has 4 nitrogen and oxygen atoms in total. The second-order valence-corrected chi connectivity index (χ2v) is 5.41. The van der Waals surface area contributed by atoms with E-state index in [1.54, 1.807) is 0 Å². The number of hydrogen-bond donors (Lipinski definition) is 2. The van der Waals surface area contributed by atoms with Gasteiger partial charge in [-0.15, -0.1) is 0 Å². The average Bonchev–Trinajstić information content (AvgIpc) is 2.33. The van der Waals surface area contributed by atoms with E-state index in [9.17, 15) is 17.2 Å². The highest BCUT2D eigenvalue weighted by molar-refractivity contribution is 7.92. The van der Waals surface area contributed by atoms with Crippen molar-refractivity contribution in [1.82, 2.24) is 0 Å². The number of hydrogen-bond acceptors (Lipinski definition) is 3. The lowest BCUT2D eigenvalue weighted by atomic mass is 10.3. The Hall–Kier alpha value is -2.15. The van der Waals surface area contributed by atoms with Crippen LogP contribution in [0.1, 0.15) is 0 Å². The molecule has 0 saturated carbocycles. The minimum atomic E-state index is -4.00. The van der Waals surface area contributed by atoms with E-state index in [4.69, 9.17) is 5.11 Å². The molecule has 0 radical (unpaired) electrons. The summed E-state index contributed by atoms with van der Waals surface area (Å²) in [5.74, 6) is -2.24. The lowest BCUT2D eigenvalue weighted by Gasteiger charge is -2.08. The van der Waals surface area contributed by atoms with Gasteiger partial charge in [0.25, 0.3) is 10.0 Å². The molecule has 2 rings (SSSR count). The van der Waals surface area contributed by atoms with E-state index >= 15 is 0 Å². The molecule has 0 amide bonds. The predicted octanol–water partition coefficient (Wildman–Crippen LogP) is 2.47. The Morgan fingerprint density at radius 2 is 1.79 bits per heavy atom. The Morgan fingerprint density at radius 3 is 2.42 bits per heavy atom. The third kappa shape index (κ3) is 3.00. The molecule has 0 aliphatic rings. The lowest BCUT2D eigenvalue weighted by molar-refractivity contribution is 0.432. The fraction of sp³-hybridized carbons (Fsp3) is 0. The van der Waals surface area contributed by atoms with Crippen LogP contribution in [0, 0.1) is 11.6 Å². The number of phenols is 1. The molecule has 2 aromatic carbocycles. The zero-order valence-corrected chi connectivity index (χ0v) is 10.3. The van der Waals surface area contributed by atoms with Crippen molar-refractivity contribution in [1.29, 1.82) is 0 Å². The largest absolute Gasteiger partial charge is 0.505 e. The van der Waals surface area contributed by atoms with Crippen LogP contribution in [0.15, 0.2) is 47.4 Å². The molecule has 7 heteroatoms. The van der Waals surface area contributed by atoms with Crippen molar-refractivity contribution in [3.63, 3.8) is 0 Å². The van der Waals surface area contributed by atoms with Crippen LogP contribution >= 0.6 is 0 Å². The fourth-order valence-corrected chi connectivity index (χ4v) is 2.50. The van der Waals surface area contributed by atoms with Crippen molar-refractivity contribution in [3.05, 3.63) is 54.1 Å². The number of aromatic hydroxyl groups is 1. The number of halogens is 2. The second kappa shape index (κ2) is 4.85. The molecule has 100 valence electrons. The Bertz CT molecular complexity index is 717. The van der Waals surface area contributed by atoms with E-state index in [0.29, 0.717) is 0 Å². The van der Waals surface area contributed by atoms with Gasteiger partial charge in [-0.3, -0.25) is 4.72 Å². The third-order valence-electron chi connectivity index (χ3n) is 2.31. The van der Waals surface area contributed by atoms with Gasteiger partial charge in [0.05, 0.1) is 10.6 Å². The first-order chi connectivity index (χ1) is 8.88. The van der Waals surface area contributed by atoms with E-state index in [2.05, 4.69) is 4.72 Å². The summed E-state index contributed by atoms with van der Waals surface area (Å²) >= 11 is 0. The summed E-state index contributed by atoms with van der Waals surface area (Å²) in [4.78, 5) is -0.277. The molecular formula is C12H9F2NO3S. The fourth-order valence-electron chi connectivity index (χ4n) is 1.42. The Morgan fingerprint density at radius 1 is 1.05 bits per heavy atom. The molecule has 0 unspecified atom stereocenters. The zero-order chi connectivity index (χ0) is 14.0. The third-order valence-corrected chi connectivity index (χ3v) is 3.69. The first-order valence-electron chi connectivity index (χ1n) is 5.15. The van der Waals surface area contributed by atoms with Gasteiger partial charge in [-0.2, -0.15) is 0 Å². The number of nitrogens with one attached hydrogen (secondary N) is 1. The van der Waals surface area contributed by atoms with E-state index in [1.807, 2.05) is 0 Å². The maximum absolute atomic E-state index is 13.1. The molecule has 0 spiro atoms. The highest BCUT2D eigenvalue weighted by Crippen LogP contribution is 2.22. The monoisotopic (exact) mass is 285 g/mol. The van der Waals surface area contributed by atoms with Gasteiger partial charge in [-0.05, 0) is 30.3 Å². The molecule has 2 aromatic rings. The molecule has 0 aliphatic heterocycles. The topological polar surface area (TPSA) is 66.4 Å². The maximum Gasteiger partial charge on any atom is 0.261 e. The number of benzene rings is 2. The van der Waals surface area contributed by atoms with Gasteiger partial charge in [0.15, 0.2) is 11.6 Å². The molecule has 0 fully saturated rings. The van der Waals surface area contributed by atoms with E-state index < -0.39 is 27.4 Å². The van der Waals surface area contributed by atoms with Crippen LogP contribution in [0.3, 0.4) is 0 Å². The van der Waals surface area contributed by atoms with Crippen LogP contribution in [-0.2, 0) is 10.0 Å². The first kappa shape index (κ1) is 13.3. The molecule has 19 heavy (non-hydrogen) atoms. The van der Waals surface area contributed by atoms with Crippen LogP contribution in [0.25, 0.3) is 0 Å². The smallest absolute Gasteiger partial charge is 0.261 e. The summed E-state index contributed by atoms with van der Waals surface area (Å²) in [6, 6.07) is 7.45. The normalized spacial score (nSPS) is 11.3. The molecule has 0 bridgehead atoms. The lowest BCUT2D eigenvalue weighted by Crippen LogP contribution is -2.13. The van der Waals surface area contributed by atoms with Crippen LogP contribution in [-0.4, -0.2) is 13.5 Å².